The van der Waals surface area contributed by atoms with Crippen LogP contribution in [0.25, 0.3) is 0 Å². The number of hydrogen-bond donors (Lipinski definition) is 2. The van der Waals surface area contributed by atoms with Gasteiger partial charge in [0, 0.05) is 6.04 Å². The number of aliphatic hydroxyl groups is 1. The van der Waals surface area contributed by atoms with Gasteiger partial charge in [-0.1, -0.05) is 0 Å². The first-order valence-corrected chi connectivity index (χ1v) is 7.00. The van der Waals surface area contributed by atoms with Gasteiger partial charge in [-0.25, -0.2) is 0 Å². The van der Waals surface area contributed by atoms with Gasteiger partial charge < -0.3 is 10.4 Å². The predicted molar refractivity (Wildman–Crippen MR) is 67.7 cm³/mol. The Hall–Kier alpha value is -0.390. The number of aliphatic hydroxyl groups excluding tert-OH is 1. The monoisotopic (exact) mass is 303 g/mol. The summed E-state index contributed by atoms with van der Waals surface area (Å²) >= 11 is 4.76. The molecule has 0 aliphatic heterocycles. The van der Waals surface area contributed by atoms with E-state index in [9.17, 15) is 9.90 Å². The third-order valence-corrected chi connectivity index (χ3v) is 4.40. The van der Waals surface area contributed by atoms with Crippen molar-refractivity contribution in [2.45, 2.75) is 37.8 Å². The lowest BCUT2D eigenvalue weighted by Crippen LogP contribution is -2.39. The maximum absolute atomic E-state index is 11.8. The Morgan fingerprint density at radius 3 is 2.94 bits per heavy atom. The van der Waals surface area contributed by atoms with Gasteiger partial charge in [0.2, 0.25) is 0 Å². The number of nitrogens with one attached hydrogen (secondary N) is 1. The molecule has 1 aliphatic carbocycles. The summed E-state index contributed by atoms with van der Waals surface area (Å²) in [6.45, 7) is 0. The van der Waals surface area contributed by atoms with Gasteiger partial charge in [-0.15, -0.1) is 11.3 Å². The van der Waals surface area contributed by atoms with Crippen LogP contribution in [-0.2, 0) is 0 Å². The van der Waals surface area contributed by atoms with E-state index in [1.54, 1.807) is 0 Å². The summed E-state index contributed by atoms with van der Waals surface area (Å²) in [7, 11) is 0. The average Bonchev–Trinajstić information content (AvgIpc) is 2.65. The second-order valence-electron chi connectivity index (χ2n) is 4.09. The Labute approximate surface area is 107 Å². The van der Waals surface area contributed by atoms with Crippen molar-refractivity contribution in [1.82, 2.24) is 5.32 Å². The van der Waals surface area contributed by atoms with Crippen molar-refractivity contribution in [2.75, 3.05) is 0 Å². The average molecular weight is 304 g/mol. The zero-order valence-electron chi connectivity index (χ0n) is 8.78. The number of thiophene rings is 1. The van der Waals surface area contributed by atoms with Crippen LogP contribution in [-0.4, -0.2) is 23.2 Å². The lowest BCUT2D eigenvalue weighted by molar-refractivity contribution is 0.0853. The smallest absolute Gasteiger partial charge is 0.261 e. The molecule has 16 heavy (non-hydrogen) atoms. The van der Waals surface area contributed by atoms with Crippen LogP contribution in [0.5, 0.6) is 0 Å². The van der Waals surface area contributed by atoms with Crippen LogP contribution in [0.3, 0.4) is 0 Å². The number of amides is 1. The van der Waals surface area contributed by atoms with Crippen LogP contribution in [0, 0.1) is 0 Å². The summed E-state index contributed by atoms with van der Waals surface area (Å²) in [4.78, 5) is 12.5. The van der Waals surface area contributed by atoms with Crippen molar-refractivity contribution in [3.05, 3.63) is 20.8 Å². The SMILES string of the molecule is O=C(NC1CCCC(O)C1)c1ccc(Br)s1. The zero-order valence-corrected chi connectivity index (χ0v) is 11.2. The van der Waals surface area contributed by atoms with Gasteiger partial charge in [0.1, 0.15) is 0 Å². The first-order valence-electron chi connectivity index (χ1n) is 5.39. The predicted octanol–water partition coefficient (Wildman–Crippen LogP) is 2.54. The third-order valence-electron chi connectivity index (χ3n) is 2.78. The number of carbonyl (C=O) groups excluding carboxylic acids is 1. The minimum Gasteiger partial charge on any atom is -0.393 e. The van der Waals surface area contributed by atoms with Crippen molar-refractivity contribution in [3.8, 4) is 0 Å². The van der Waals surface area contributed by atoms with E-state index in [4.69, 9.17) is 0 Å². The van der Waals surface area contributed by atoms with Crippen molar-refractivity contribution in [3.63, 3.8) is 0 Å². The molecule has 1 saturated carbocycles. The highest BCUT2D eigenvalue weighted by Crippen LogP contribution is 2.23. The molecule has 2 N–H and O–H groups in total. The minimum atomic E-state index is -0.255. The van der Waals surface area contributed by atoms with E-state index >= 15 is 0 Å². The largest absolute Gasteiger partial charge is 0.393 e. The van der Waals surface area contributed by atoms with Crippen LogP contribution in [0.2, 0.25) is 0 Å². The van der Waals surface area contributed by atoms with Crippen molar-refractivity contribution >= 4 is 33.2 Å². The molecule has 0 bridgehead atoms. The highest BCUT2D eigenvalue weighted by atomic mass is 79.9. The summed E-state index contributed by atoms with van der Waals surface area (Å²) in [6.07, 6.45) is 3.24. The molecule has 1 fully saturated rings. The number of hydrogen-bond acceptors (Lipinski definition) is 3. The van der Waals surface area contributed by atoms with Gasteiger partial charge in [-0.05, 0) is 53.7 Å². The number of rotatable bonds is 2. The van der Waals surface area contributed by atoms with Crippen LogP contribution in [0.1, 0.15) is 35.4 Å². The molecule has 1 aromatic rings. The van der Waals surface area contributed by atoms with Crippen LogP contribution >= 0.6 is 27.3 Å². The molecule has 1 aromatic heterocycles. The van der Waals surface area contributed by atoms with Crippen LogP contribution in [0.15, 0.2) is 15.9 Å². The fourth-order valence-electron chi connectivity index (χ4n) is 1.99. The molecular weight excluding hydrogens is 290 g/mol. The van der Waals surface area contributed by atoms with Crippen LogP contribution in [0.4, 0.5) is 0 Å². The topological polar surface area (TPSA) is 49.3 Å². The van der Waals surface area contributed by atoms with E-state index < -0.39 is 0 Å². The lowest BCUT2D eigenvalue weighted by Gasteiger charge is -2.26. The molecule has 2 rings (SSSR count). The summed E-state index contributed by atoms with van der Waals surface area (Å²) in [5.74, 6) is -0.0326. The van der Waals surface area contributed by atoms with E-state index in [0.717, 1.165) is 23.0 Å². The second kappa shape index (κ2) is 5.29. The molecule has 2 atom stereocenters. The van der Waals surface area contributed by atoms with E-state index in [-0.39, 0.29) is 18.1 Å². The molecule has 2 unspecified atom stereocenters. The molecule has 1 heterocycles. The van der Waals surface area contributed by atoms with E-state index in [0.29, 0.717) is 11.3 Å². The quantitative estimate of drug-likeness (QED) is 0.882. The Morgan fingerprint density at radius 1 is 1.50 bits per heavy atom. The van der Waals surface area contributed by atoms with Gasteiger partial charge in [0.15, 0.2) is 0 Å². The fourth-order valence-corrected chi connectivity index (χ4v) is 3.28. The molecular formula is C11H14BrNO2S. The molecule has 0 aromatic carbocycles. The lowest BCUT2D eigenvalue weighted by atomic mass is 9.93. The highest BCUT2D eigenvalue weighted by Gasteiger charge is 2.22. The number of halogens is 1. The van der Waals surface area contributed by atoms with Crippen molar-refractivity contribution in [1.29, 1.82) is 0 Å². The van der Waals surface area contributed by atoms with Gasteiger partial charge in [0.05, 0.1) is 14.8 Å². The fraction of sp³-hybridized carbons (Fsp3) is 0.545. The van der Waals surface area contributed by atoms with Gasteiger partial charge >= 0.3 is 0 Å². The summed E-state index contributed by atoms with van der Waals surface area (Å²) < 4.78 is 0.960. The normalized spacial score (nSPS) is 25.4. The molecule has 88 valence electrons. The van der Waals surface area contributed by atoms with E-state index in [2.05, 4.69) is 21.2 Å². The standard InChI is InChI=1S/C11H14BrNO2S/c12-10-5-4-9(16-10)11(15)13-7-2-1-3-8(14)6-7/h4-5,7-8,14H,1-3,6H2,(H,13,15). The molecule has 1 amide bonds. The third kappa shape index (κ3) is 3.06. The molecule has 0 saturated heterocycles. The summed E-state index contributed by atoms with van der Waals surface area (Å²) in [5.41, 5.74) is 0. The minimum absolute atomic E-state index is 0.0326. The van der Waals surface area contributed by atoms with E-state index in [1.807, 2.05) is 12.1 Å². The summed E-state index contributed by atoms with van der Waals surface area (Å²) in [5, 5.41) is 12.5. The Kier molecular flexibility index (Phi) is 4.00. The maximum Gasteiger partial charge on any atom is 0.261 e. The Bertz CT molecular complexity index is 380. The van der Waals surface area contributed by atoms with Crippen molar-refractivity contribution < 1.29 is 9.90 Å². The highest BCUT2D eigenvalue weighted by molar-refractivity contribution is 9.11. The molecule has 0 spiro atoms. The first-order chi connectivity index (χ1) is 7.65. The maximum atomic E-state index is 11.8. The molecule has 3 nitrogen and oxygen atoms in total. The Balaban J connectivity index is 1.92. The van der Waals surface area contributed by atoms with Crippen molar-refractivity contribution in [2.24, 2.45) is 0 Å². The van der Waals surface area contributed by atoms with Gasteiger partial charge in [-0.2, -0.15) is 0 Å². The first kappa shape index (κ1) is 12.1. The zero-order chi connectivity index (χ0) is 11.5. The van der Waals surface area contributed by atoms with Crippen LogP contribution < -0.4 is 5.32 Å². The second-order valence-corrected chi connectivity index (χ2v) is 6.56. The Morgan fingerprint density at radius 2 is 2.31 bits per heavy atom. The van der Waals surface area contributed by atoms with Gasteiger partial charge in [0.25, 0.3) is 5.91 Å². The molecule has 5 heteroatoms. The molecule has 0 radical (unpaired) electrons. The van der Waals surface area contributed by atoms with E-state index in [1.165, 1.54) is 11.3 Å². The van der Waals surface area contributed by atoms with Gasteiger partial charge in [-0.3, -0.25) is 4.79 Å². The molecule has 1 aliphatic rings. The number of carbonyl (C=O) groups is 1. The summed E-state index contributed by atoms with van der Waals surface area (Å²) in [6, 6.07) is 3.80.